The molecule has 0 spiro atoms. The summed E-state index contributed by atoms with van der Waals surface area (Å²) in [5.41, 5.74) is -0.488. The molecular formula is C12H12F3NO. The van der Waals surface area contributed by atoms with Crippen LogP contribution in [0.15, 0.2) is 24.3 Å². The van der Waals surface area contributed by atoms with E-state index in [1.165, 1.54) is 18.9 Å². The van der Waals surface area contributed by atoms with E-state index in [9.17, 15) is 18.0 Å². The number of amides is 1. The lowest BCUT2D eigenvalue weighted by molar-refractivity contribution is -0.154. The molecule has 0 radical (unpaired) electrons. The number of likely N-dealkylation sites (N-methyl/N-ethyl adjacent to an activating group) is 1. The maximum absolute atomic E-state index is 12.6. The van der Waals surface area contributed by atoms with Gasteiger partial charge in [0.25, 0.3) is 0 Å². The number of carbonyl (C=O) groups is 1. The molecular weight excluding hydrogens is 231 g/mol. The summed E-state index contributed by atoms with van der Waals surface area (Å²) in [7, 11) is 1.50. The quantitative estimate of drug-likeness (QED) is 0.742. The van der Waals surface area contributed by atoms with Gasteiger partial charge in [0.1, 0.15) is 0 Å². The van der Waals surface area contributed by atoms with Crippen LogP contribution in [0.3, 0.4) is 0 Å². The standard InChI is InChI=1S/C12H12F3NO/c1-11(7-12(13,14)15)8-5-3-4-6-9(8)16(2)10(11)17/h3-6H,7H2,1-2H3/t11-/m1/s1. The Bertz CT molecular complexity index is 469. The second kappa shape index (κ2) is 3.48. The Morgan fingerprint density at radius 2 is 1.88 bits per heavy atom. The van der Waals surface area contributed by atoms with Gasteiger partial charge in [-0.05, 0) is 18.6 Å². The number of rotatable bonds is 1. The van der Waals surface area contributed by atoms with Crippen molar-refractivity contribution in [2.24, 2.45) is 0 Å². The molecule has 17 heavy (non-hydrogen) atoms. The first-order valence-corrected chi connectivity index (χ1v) is 5.20. The molecule has 5 heteroatoms. The number of nitrogens with zero attached hydrogens (tertiary/aromatic N) is 1. The molecule has 0 saturated heterocycles. The van der Waals surface area contributed by atoms with Crippen molar-refractivity contribution in [3.63, 3.8) is 0 Å². The fourth-order valence-electron chi connectivity index (χ4n) is 2.40. The molecule has 1 aliphatic heterocycles. The number of anilines is 1. The summed E-state index contributed by atoms with van der Waals surface area (Å²) in [4.78, 5) is 13.3. The van der Waals surface area contributed by atoms with Gasteiger partial charge in [0.05, 0.1) is 11.8 Å². The number of para-hydroxylation sites is 1. The van der Waals surface area contributed by atoms with Crippen LogP contribution in [-0.4, -0.2) is 19.1 Å². The highest BCUT2D eigenvalue weighted by molar-refractivity contribution is 6.07. The van der Waals surface area contributed by atoms with Crippen molar-refractivity contribution in [1.82, 2.24) is 0 Å². The fourth-order valence-corrected chi connectivity index (χ4v) is 2.40. The van der Waals surface area contributed by atoms with Crippen molar-refractivity contribution in [1.29, 1.82) is 0 Å². The Morgan fingerprint density at radius 1 is 1.29 bits per heavy atom. The van der Waals surface area contributed by atoms with Crippen molar-refractivity contribution < 1.29 is 18.0 Å². The molecule has 2 nitrogen and oxygen atoms in total. The lowest BCUT2D eigenvalue weighted by Gasteiger charge is -2.24. The molecule has 0 unspecified atom stereocenters. The lowest BCUT2D eigenvalue weighted by Crippen LogP contribution is -2.39. The minimum atomic E-state index is -4.36. The molecule has 92 valence electrons. The van der Waals surface area contributed by atoms with Crippen LogP contribution in [-0.2, 0) is 10.2 Å². The zero-order valence-electron chi connectivity index (χ0n) is 9.51. The number of fused-ring (bicyclic) bond motifs is 1. The third-order valence-electron chi connectivity index (χ3n) is 3.19. The van der Waals surface area contributed by atoms with Crippen LogP contribution in [0.25, 0.3) is 0 Å². The number of hydrogen-bond acceptors (Lipinski definition) is 1. The summed E-state index contributed by atoms with van der Waals surface area (Å²) in [6, 6.07) is 6.61. The van der Waals surface area contributed by atoms with E-state index in [-0.39, 0.29) is 0 Å². The highest BCUT2D eigenvalue weighted by atomic mass is 19.4. The predicted molar refractivity (Wildman–Crippen MR) is 57.9 cm³/mol. The Hall–Kier alpha value is -1.52. The summed E-state index contributed by atoms with van der Waals surface area (Å²) in [5.74, 6) is -0.504. The maximum atomic E-state index is 12.6. The summed E-state index contributed by atoms with van der Waals surface area (Å²) >= 11 is 0. The van der Waals surface area contributed by atoms with Gasteiger partial charge in [-0.25, -0.2) is 0 Å². The summed E-state index contributed by atoms with van der Waals surface area (Å²) in [6.45, 7) is 1.35. The van der Waals surface area contributed by atoms with Crippen molar-refractivity contribution in [2.75, 3.05) is 11.9 Å². The lowest BCUT2D eigenvalue weighted by atomic mass is 9.80. The third kappa shape index (κ3) is 1.79. The van der Waals surface area contributed by atoms with Gasteiger partial charge in [0.15, 0.2) is 0 Å². The molecule has 0 aromatic heterocycles. The van der Waals surface area contributed by atoms with Crippen LogP contribution in [0.1, 0.15) is 18.9 Å². The van der Waals surface area contributed by atoms with Gasteiger partial charge in [-0.1, -0.05) is 18.2 Å². The van der Waals surface area contributed by atoms with E-state index in [4.69, 9.17) is 0 Å². The number of benzene rings is 1. The average Bonchev–Trinajstić information content (AvgIpc) is 2.40. The van der Waals surface area contributed by atoms with Crippen molar-refractivity contribution in [3.05, 3.63) is 29.8 Å². The highest BCUT2D eigenvalue weighted by Crippen LogP contribution is 2.46. The van der Waals surface area contributed by atoms with Crippen LogP contribution < -0.4 is 4.90 Å². The molecule has 0 N–H and O–H groups in total. The molecule has 1 aromatic rings. The smallest absolute Gasteiger partial charge is 0.314 e. The molecule has 1 heterocycles. The molecule has 0 aliphatic carbocycles. The molecule has 1 aliphatic rings. The van der Waals surface area contributed by atoms with E-state index in [0.29, 0.717) is 11.3 Å². The van der Waals surface area contributed by atoms with E-state index in [1.54, 1.807) is 24.3 Å². The van der Waals surface area contributed by atoms with Gasteiger partial charge in [-0.15, -0.1) is 0 Å². The number of hydrogen-bond donors (Lipinski definition) is 0. The Labute approximate surface area is 97.0 Å². The van der Waals surface area contributed by atoms with Crippen LogP contribution in [0, 0.1) is 0 Å². The number of carbonyl (C=O) groups excluding carboxylic acids is 1. The summed E-state index contributed by atoms with van der Waals surface area (Å²) < 4.78 is 37.7. The van der Waals surface area contributed by atoms with E-state index < -0.39 is 23.9 Å². The van der Waals surface area contributed by atoms with Gasteiger partial charge in [-0.2, -0.15) is 13.2 Å². The van der Waals surface area contributed by atoms with Crippen molar-refractivity contribution >= 4 is 11.6 Å². The maximum Gasteiger partial charge on any atom is 0.390 e. The fraction of sp³-hybridized carbons (Fsp3) is 0.417. The van der Waals surface area contributed by atoms with Gasteiger partial charge in [0, 0.05) is 12.7 Å². The first kappa shape index (κ1) is 12.0. The topological polar surface area (TPSA) is 20.3 Å². The monoisotopic (exact) mass is 243 g/mol. The van der Waals surface area contributed by atoms with Crippen LogP contribution in [0.5, 0.6) is 0 Å². The predicted octanol–water partition coefficient (Wildman–Crippen LogP) is 2.87. The molecule has 0 fully saturated rings. The zero-order valence-corrected chi connectivity index (χ0v) is 9.51. The molecule has 0 bridgehead atoms. The number of halogens is 3. The van der Waals surface area contributed by atoms with Crippen molar-refractivity contribution in [2.45, 2.75) is 24.9 Å². The third-order valence-corrected chi connectivity index (χ3v) is 3.19. The Kier molecular flexibility index (Phi) is 2.45. The van der Waals surface area contributed by atoms with Crippen molar-refractivity contribution in [3.8, 4) is 0 Å². The van der Waals surface area contributed by atoms with Gasteiger partial charge < -0.3 is 4.90 Å². The van der Waals surface area contributed by atoms with E-state index in [2.05, 4.69) is 0 Å². The van der Waals surface area contributed by atoms with E-state index in [1.807, 2.05) is 0 Å². The second-order valence-electron chi connectivity index (χ2n) is 4.51. The summed E-state index contributed by atoms with van der Waals surface area (Å²) in [5, 5.41) is 0. The zero-order chi connectivity index (χ0) is 12.8. The minimum absolute atomic E-state index is 0.449. The SMILES string of the molecule is CN1C(=O)[C@](C)(CC(F)(F)F)c2ccccc21. The van der Waals surface area contributed by atoms with Gasteiger partial charge >= 0.3 is 6.18 Å². The summed E-state index contributed by atoms with van der Waals surface area (Å²) in [6.07, 6.45) is -5.48. The largest absolute Gasteiger partial charge is 0.390 e. The second-order valence-corrected chi connectivity index (χ2v) is 4.51. The van der Waals surface area contributed by atoms with E-state index in [0.717, 1.165) is 0 Å². The average molecular weight is 243 g/mol. The minimum Gasteiger partial charge on any atom is -0.314 e. The Morgan fingerprint density at radius 3 is 2.47 bits per heavy atom. The van der Waals surface area contributed by atoms with Crippen LogP contribution in [0.4, 0.5) is 18.9 Å². The molecule has 0 saturated carbocycles. The Balaban J connectivity index is 2.52. The number of alkyl halides is 3. The van der Waals surface area contributed by atoms with Crippen LogP contribution in [0.2, 0.25) is 0 Å². The highest BCUT2D eigenvalue weighted by Gasteiger charge is 2.51. The normalized spacial score (nSPS) is 24.1. The molecule has 1 atom stereocenters. The first-order chi connectivity index (χ1) is 7.76. The molecule has 1 aromatic carbocycles. The molecule has 1 amide bonds. The van der Waals surface area contributed by atoms with E-state index >= 15 is 0 Å². The molecule has 2 rings (SSSR count). The van der Waals surface area contributed by atoms with Gasteiger partial charge in [0.2, 0.25) is 5.91 Å². The van der Waals surface area contributed by atoms with Crippen LogP contribution >= 0.6 is 0 Å². The first-order valence-electron chi connectivity index (χ1n) is 5.20. The van der Waals surface area contributed by atoms with Gasteiger partial charge in [-0.3, -0.25) is 4.79 Å².